The molecule has 2 aromatic rings. The zero-order chi connectivity index (χ0) is 13.1. The highest BCUT2D eigenvalue weighted by atomic mass is 79.9. The molecule has 0 N–H and O–H groups in total. The van der Waals surface area contributed by atoms with Gasteiger partial charge in [-0.3, -0.25) is 0 Å². The number of rotatable bonds is 4. The summed E-state index contributed by atoms with van der Waals surface area (Å²) < 4.78 is 6.07. The van der Waals surface area contributed by atoms with E-state index >= 15 is 0 Å². The maximum Gasteiger partial charge on any atom is 0.259 e. The molecule has 0 spiro atoms. The fraction of sp³-hybridized carbons (Fsp3) is 0.333. The summed E-state index contributed by atoms with van der Waals surface area (Å²) in [5.41, 5.74) is 0.765. The van der Waals surface area contributed by atoms with Crippen LogP contribution in [0.1, 0.15) is 31.0 Å². The first-order valence-electron chi connectivity index (χ1n) is 5.55. The Morgan fingerprint density at radius 1 is 1.44 bits per heavy atom. The van der Waals surface area contributed by atoms with Crippen molar-refractivity contribution in [1.82, 2.24) is 10.1 Å². The molecule has 1 unspecified atom stereocenters. The van der Waals surface area contributed by atoms with Crippen molar-refractivity contribution in [2.75, 3.05) is 0 Å². The Kier molecular flexibility index (Phi) is 4.65. The molecule has 6 heteroatoms. The third-order valence-electron chi connectivity index (χ3n) is 2.42. The van der Waals surface area contributed by atoms with E-state index in [4.69, 9.17) is 27.7 Å². The Hall–Kier alpha value is -0.580. The molecule has 0 aliphatic carbocycles. The van der Waals surface area contributed by atoms with Gasteiger partial charge in [-0.25, -0.2) is 0 Å². The van der Waals surface area contributed by atoms with Crippen LogP contribution >= 0.6 is 39.1 Å². The van der Waals surface area contributed by atoms with Crippen molar-refractivity contribution in [3.8, 4) is 11.5 Å². The molecule has 96 valence electrons. The smallest absolute Gasteiger partial charge is 0.259 e. The minimum Gasteiger partial charge on any atom is -0.334 e. The summed E-state index contributed by atoms with van der Waals surface area (Å²) in [6.45, 7) is 2.06. The molecule has 0 aliphatic rings. The van der Waals surface area contributed by atoms with Crippen LogP contribution in [0.5, 0.6) is 0 Å². The molecule has 1 aromatic carbocycles. The summed E-state index contributed by atoms with van der Waals surface area (Å²) >= 11 is 15.5. The molecule has 0 bridgehead atoms. The van der Waals surface area contributed by atoms with Crippen molar-refractivity contribution in [2.45, 2.75) is 25.1 Å². The van der Waals surface area contributed by atoms with Crippen molar-refractivity contribution in [3.05, 3.63) is 33.5 Å². The monoisotopic (exact) mass is 348 g/mol. The lowest BCUT2D eigenvalue weighted by Crippen LogP contribution is -1.92. The van der Waals surface area contributed by atoms with E-state index < -0.39 is 0 Å². The molecule has 0 saturated heterocycles. The maximum absolute atomic E-state index is 6.16. The second kappa shape index (κ2) is 6.04. The van der Waals surface area contributed by atoms with Gasteiger partial charge in [0.2, 0.25) is 0 Å². The van der Waals surface area contributed by atoms with Gasteiger partial charge >= 0.3 is 0 Å². The van der Waals surface area contributed by atoms with Gasteiger partial charge in [0.05, 0.1) is 10.9 Å². The number of alkyl halides is 1. The largest absolute Gasteiger partial charge is 0.334 e. The van der Waals surface area contributed by atoms with Crippen LogP contribution in [0.25, 0.3) is 11.5 Å². The van der Waals surface area contributed by atoms with E-state index in [1.807, 2.05) is 6.07 Å². The van der Waals surface area contributed by atoms with Crippen LogP contribution in [0.2, 0.25) is 5.02 Å². The van der Waals surface area contributed by atoms with Crippen LogP contribution in [-0.2, 0) is 0 Å². The van der Waals surface area contributed by atoms with Crippen LogP contribution in [-0.4, -0.2) is 10.1 Å². The lowest BCUT2D eigenvalue weighted by molar-refractivity contribution is 0.420. The molecule has 1 atom stereocenters. The normalized spacial score (nSPS) is 12.7. The van der Waals surface area contributed by atoms with E-state index in [0.717, 1.165) is 22.9 Å². The third kappa shape index (κ3) is 3.05. The van der Waals surface area contributed by atoms with Gasteiger partial charge in [-0.2, -0.15) is 4.98 Å². The first-order chi connectivity index (χ1) is 8.61. The standard InChI is InChI=1S/C12H11BrCl2N2O/c1-2-3-10(15)11-16-12(18-17-11)8-6-7(14)4-5-9(8)13/h4-6,10H,2-3H2,1H3. The Balaban J connectivity index is 2.32. The lowest BCUT2D eigenvalue weighted by atomic mass is 10.2. The summed E-state index contributed by atoms with van der Waals surface area (Å²) in [5, 5.41) is 4.30. The number of nitrogens with zero attached hydrogens (tertiary/aromatic N) is 2. The molecule has 1 heterocycles. The van der Waals surface area contributed by atoms with E-state index in [1.165, 1.54) is 0 Å². The van der Waals surface area contributed by atoms with E-state index in [9.17, 15) is 0 Å². The zero-order valence-electron chi connectivity index (χ0n) is 9.66. The van der Waals surface area contributed by atoms with Gasteiger partial charge in [-0.05, 0) is 40.5 Å². The molecule has 0 aliphatic heterocycles. The molecular weight excluding hydrogens is 339 g/mol. The molecule has 18 heavy (non-hydrogen) atoms. The highest BCUT2D eigenvalue weighted by Crippen LogP contribution is 2.31. The molecule has 0 radical (unpaired) electrons. The van der Waals surface area contributed by atoms with Crippen molar-refractivity contribution >= 4 is 39.1 Å². The summed E-state index contributed by atoms with van der Waals surface area (Å²) in [7, 11) is 0. The van der Waals surface area contributed by atoms with Gasteiger partial charge in [0.1, 0.15) is 0 Å². The van der Waals surface area contributed by atoms with Gasteiger partial charge in [-0.1, -0.05) is 30.1 Å². The number of hydrogen-bond donors (Lipinski definition) is 0. The Bertz CT molecular complexity index is 545. The predicted octanol–water partition coefficient (Wildman–Crippen LogP) is 5.23. The zero-order valence-corrected chi connectivity index (χ0v) is 12.8. The fourth-order valence-electron chi connectivity index (χ4n) is 1.52. The third-order valence-corrected chi connectivity index (χ3v) is 3.76. The second-order valence-electron chi connectivity index (χ2n) is 3.84. The van der Waals surface area contributed by atoms with Crippen molar-refractivity contribution < 1.29 is 4.52 Å². The number of halogens is 3. The van der Waals surface area contributed by atoms with Gasteiger partial charge in [-0.15, -0.1) is 11.6 Å². The average Bonchev–Trinajstić information content (AvgIpc) is 2.82. The molecule has 1 aromatic heterocycles. The summed E-state index contributed by atoms with van der Waals surface area (Å²) in [5.74, 6) is 0.932. The Morgan fingerprint density at radius 2 is 2.22 bits per heavy atom. The first kappa shape index (κ1) is 13.8. The average molecular weight is 350 g/mol. The second-order valence-corrected chi connectivity index (χ2v) is 5.66. The van der Waals surface area contributed by atoms with Gasteiger partial charge < -0.3 is 4.52 Å². The first-order valence-corrected chi connectivity index (χ1v) is 7.15. The van der Waals surface area contributed by atoms with E-state index in [2.05, 4.69) is 33.0 Å². The van der Waals surface area contributed by atoms with E-state index in [0.29, 0.717) is 16.7 Å². The summed E-state index contributed by atoms with van der Waals surface area (Å²) in [4.78, 5) is 4.30. The Labute approximate surface area is 124 Å². The van der Waals surface area contributed by atoms with Gasteiger partial charge in [0.25, 0.3) is 5.89 Å². The maximum atomic E-state index is 6.16. The minimum absolute atomic E-state index is 0.217. The number of benzene rings is 1. The molecular formula is C12H11BrCl2N2O. The molecule has 2 rings (SSSR count). The highest BCUT2D eigenvalue weighted by Gasteiger charge is 2.17. The topological polar surface area (TPSA) is 38.9 Å². The van der Waals surface area contributed by atoms with E-state index in [-0.39, 0.29) is 5.38 Å². The summed E-state index contributed by atoms with van der Waals surface area (Å²) in [6.07, 6.45) is 1.79. The fourth-order valence-corrected chi connectivity index (χ4v) is 2.41. The van der Waals surface area contributed by atoms with Crippen LogP contribution in [0.3, 0.4) is 0 Å². The van der Waals surface area contributed by atoms with Crippen LogP contribution in [0.15, 0.2) is 27.2 Å². The number of hydrogen-bond acceptors (Lipinski definition) is 3. The SMILES string of the molecule is CCCC(Cl)c1noc(-c2cc(Cl)ccc2Br)n1. The quantitative estimate of drug-likeness (QED) is 0.709. The van der Waals surface area contributed by atoms with Crippen LogP contribution in [0.4, 0.5) is 0 Å². The van der Waals surface area contributed by atoms with E-state index in [1.54, 1.807) is 12.1 Å². The molecule has 0 amide bonds. The lowest BCUT2D eigenvalue weighted by Gasteiger charge is -2.00. The van der Waals surface area contributed by atoms with Gasteiger partial charge in [0, 0.05) is 9.50 Å². The van der Waals surface area contributed by atoms with Crippen LogP contribution < -0.4 is 0 Å². The van der Waals surface area contributed by atoms with Crippen molar-refractivity contribution in [2.24, 2.45) is 0 Å². The van der Waals surface area contributed by atoms with Crippen LogP contribution in [0, 0.1) is 0 Å². The molecule has 3 nitrogen and oxygen atoms in total. The van der Waals surface area contributed by atoms with Crippen molar-refractivity contribution in [1.29, 1.82) is 0 Å². The molecule has 0 fully saturated rings. The minimum atomic E-state index is -0.217. The summed E-state index contributed by atoms with van der Waals surface area (Å²) in [6, 6.07) is 5.39. The Morgan fingerprint density at radius 3 is 2.94 bits per heavy atom. The van der Waals surface area contributed by atoms with Crippen molar-refractivity contribution in [3.63, 3.8) is 0 Å². The predicted molar refractivity (Wildman–Crippen MR) is 75.9 cm³/mol. The molecule has 0 saturated carbocycles. The van der Waals surface area contributed by atoms with Gasteiger partial charge in [0.15, 0.2) is 5.82 Å². The highest BCUT2D eigenvalue weighted by molar-refractivity contribution is 9.10. The number of aromatic nitrogens is 2.